The van der Waals surface area contributed by atoms with Crippen LogP contribution in [-0.4, -0.2) is 48.6 Å². The van der Waals surface area contributed by atoms with Crippen molar-refractivity contribution in [2.24, 2.45) is 0 Å². The van der Waals surface area contributed by atoms with Gasteiger partial charge in [-0.3, -0.25) is 9.69 Å². The number of Topliss-reactive ketones (excluding diaryl/α,β-unsaturated/α-hetero) is 1. The molecule has 1 aromatic rings. The summed E-state index contributed by atoms with van der Waals surface area (Å²) in [6.07, 6.45) is 4.13. The number of hydrogen-bond acceptors (Lipinski definition) is 4. The van der Waals surface area contributed by atoms with E-state index in [4.69, 9.17) is 9.84 Å². The molecule has 0 saturated carbocycles. The number of nitrogens with zero attached hydrogens (tertiary/aromatic N) is 1. The number of carbonyl (C=O) groups excluding carboxylic acids is 1. The second-order valence-corrected chi connectivity index (χ2v) is 6.26. The lowest BCUT2D eigenvalue weighted by Gasteiger charge is -2.34. The zero-order valence-electron chi connectivity index (χ0n) is 12.3. The number of likely N-dealkylation sites (tertiary alicyclic amines) is 1. The molecule has 0 radical (unpaired) electrons. The molecule has 1 fully saturated rings. The number of carbonyl (C=O) groups is 1. The Hall–Kier alpha value is -0.910. The van der Waals surface area contributed by atoms with E-state index in [2.05, 4.69) is 20.8 Å². The minimum atomic E-state index is 0.114. The number of piperidine rings is 1. The molecule has 1 aromatic carbocycles. The third kappa shape index (κ3) is 4.28. The number of aliphatic hydroxyl groups excluding tert-OH is 1. The first kappa shape index (κ1) is 16.5. The number of aliphatic hydroxyl groups is 1. The average molecular weight is 356 g/mol. The summed E-state index contributed by atoms with van der Waals surface area (Å²) in [5, 5.41) is 9.15. The van der Waals surface area contributed by atoms with Gasteiger partial charge in [0.2, 0.25) is 0 Å². The van der Waals surface area contributed by atoms with E-state index in [1.807, 2.05) is 6.07 Å². The minimum Gasteiger partial charge on any atom is -0.496 e. The van der Waals surface area contributed by atoms with E-state index in [9.17, 15) is 4.79 Å². The van der Waals surface area contributed by atoms with Crippen LogP contribution < -0.4 is 4.74 Å². The average Bonchev–Trinajstić information content (AvgIpc) is 2.49. The van der Waals surface area contributed by atoms with Crippen LogP contribution >= 0.6 is 15.9 Å². The van der Waals surface area contributed by atoms with Crippen molar-refractivity contribution in [3.05, 3.63) is 28.2 Å². The summed E-state index contributed by atoms with van der Waals surface area (Å²) in [5.74, 6) is 0.839. The van der Waals surface area contributed by atoms with E-state index >= 15 is 0 Å². The van der Waals surface area contributed by atoms with Crippen molar-refractivity contribution in [3.63, 3.8) is 0 Å². The predicted octanol–water partition coefficient (Wildman–Crippen LogP) is 2.88. The fraction of sp³-hybridized carbons (Fsp3) is 0.562. The van der Waals surface area contributed by atoms with Gasteiger partial charge in [-0.15, -0.1) is 0 Å². The molecule has 1 aliphatic heterocycles. The fourth-order valence-corrected chi connectivity index (χ4v) is 3.40. The van der Waals surface area contributed by atoms with Crippen molar-refractivity contribution in [3.8, 4) is 5.75 Å². The molecule has 21 heavy (non-hydrogen) atoms. The van der Waals surface area contributed by atoms with Crippen molar-refractivity contribution < 1.29 is 14.6 Å². The first-order chi connectivity index (χ1) is 10.2. The summed E-state index contributed by atoms with van der Waals surface area (Å²) in [6, 6.07) is 5.75. The van der Waals surface area contributed by atoms with Gasteiger partial charge in [0.15, 0.2) is 5.78 Å². The molecule has 1 N–H and O–H groups in total. The highest BCUT2D eigenvalue weighted by molar-refractivity contribution is 9.10. The molecule has 0 aromatic heterocycles. The fourth-order valence-electron chi connectivity index (χ4n) is 2.86. The number of halogens is 1. The summed E-state index contributed by atoms with van der Waals surface area (Å²) in [5.41, 5.74) is 0.691. The molecule has 0 amide bonds. The molecule has 1 atom stereocenters. The van der Waals surface area contributed by atoms with Crippen LogP contribution in [-0.2, 0) is 0 Å². The van der Waals surface area contributed by atoms with Gasteiger partial charge in [-0.1, -0.05) is 6.42 Å². The number of benzene rings is 1. The van der Waals surface area contributed by atoms with E-state index in [-0.39, 0.29) is 12.4 Å². The minimum absolute atomic E-state index is 0.114. The Bertz CT molecular complexity index is 490. The highest BCUT2D eigenvalue weighted by atomic mass is 79.9. The molecule has 0 spiro atoms. The van der Waals surface area contributed by atoms with E-state index in [1.54, 1.807) is 19.2 Å². The van der Waals surface area contributed by atoms with Gasteiger partial charge in [-0.25, -0.2) is 0 Å². The summed E-state index contributed by atoms with van der Waals surface area (Å²) in [4.78, 5) is 14.7. The molecule has 2 rings (SSSR count). The lowest BCUT2D eigenvalue weighted by Crippen LogP contribution is -2.43. The Labute approximate surface area is 134 Å². The van der Waals surface area contributed by atoms with Crippen molar-refractivity contribution in [1.82, 2.24) is 4.90 Å². The van der Waals surface area contributed by atoms with E-state index in [1.165, 1.54) is 6.42 Å². The first-order valence-corrected chi connectivity index (χ1v) is 8.16. The summed E-state index contributed by atoms with van der Waals surface area (Å²) < 4.78 is 5.98. The molecule has 1 aliphatic rings. The quantitative estimate of drug-likeness (QED) is 0.797. The zero-order chi connectivity index (χ0) is 15.2. The van der Waals surface area contributed by atoms with Crippen LogP contribution in [0.3, 0.4) is 0 Å². The van der Waals surface area contributed by atoms with Gasteiger partial charge in [-0.2, -0.15) is 0 Å². The van der Waals surface area contributed by atoms with E-state index < -0.39 is 0 Å². The van der Waals surface area contributed by atoms with Gasteiger partial charge < -0.3 is 9.84 Å². The molecule has 5 heteroatoms. The van der Waals surface area contributed by atoms with Crippen molar-refractivity contribution >= 4 is 21.7 Å². The van der Waals surface area contributed by atoms with E-state index in [0.717, 1.165) is 36.0 Å². The maximum absolute atomic E-state index is 12.4. The Morgan fingerprint density at radius 1 is 1.48 bits per heavy atom. The molecule has 0 aliphatic carbocycles. The van der Waals surface area contributed by atoms with Gasteiger partial charge in [-0.05, 0) is 59.9 Å². The number of ether oxygens (including phenoxy) is 1. The second-order valence-electron chi connectivity index (χ2n) is 5.40. The maximum Gasteiger partial charge on any atom is 0.176 e. The Balaban J connectivity index is 2.04. The largest absolute Gasteiger partial charge is 0.496 e. The summed E-state index contributed by atoms with van der Waals surface area (Å²) in [6.45, 7) is 1.54. The number of ketones is 1. The standard InChI is InChI=1S/C16H22BrNO3/c1-21-16-6-5-12(10-14(16)17)15(20)11-18-8-3-2-4-13(18)7-9-19/h5-6,10,13,19H,2-4,7-9,11H2,1H3. The smallest absolute Gasteiger partial charge is 0.176 e. The molecular formula is C16H22BrNO3. The highest BCUT2D eigenvalue weighted by Gasteiger charge is 2.24. The molecule has 1 saturated heterocycles. The monoisotopic (exact) mass is 355 g/mol. The predicted molar refractivity (Wildman–Crippen MR) is 85.9 cm³/mol. The first-order valence-electron chi connectivity index (χ1n) is 7.37. The Morgan fingerprint density at radius 2 is 2.29 bits per heavy atom. The van der Waals surface area contributed by atoms with Crippen LogP contribution in [0.5, 0.6) is 5.75 Å². The molecule has 116 valence electrons. The topological polar surface area (TPSA) is 49.8 Å². The van der Waals surface area contributed by atoms with Crippen molar-refractivity contribution in [1.29, 1.82) is 0 Å². The molecule has 0 bridgehead atoms. The molecule has 4 nitrogen and oxygen atoms in total. The lowest BCUT2D eigenvalue weighted by molar-refractivity contribution is 0.0799. The van der Waals surface area contributed by atoms with Crippen molar-refractivity contribution in [2.75, 3.05) is 26.8 Å². The van der Waals surface area contributed by atoms with Crippen molar-refractivity contribution in [2.45, 2.75) is 31.7 Å². The van der Waals surface area contributed by atoms with Gasteiger partial charge in [0.05, 0.1) is 18.1 Å². The Morgan fingerprint density at radius 3 is 2.95 bits per heavy atom. The third-order valence-corrected chi connectivity index (χ3v) is 4.65. The van der Waals surface area contributed by atoms with E-state index in [0.29, 0.717) is 18.2 Å². The van der Waals surface area contributed by atoms with Gasteiger partial charge in [0.25, 0.3) is 0 Å². The van der Waals surface area contributed by atoms with Gasteiger partial charge in [0, 0.05) is 18.2 Å². The SMILES string of the molecule is COc1ccc(C(=O)CN2CCCCC2CCO)cc1Br. The number of methoxy groups -OCH3 is 1. The maximum atomic E-state index is 12.4. The summed E-state index contributed by atoms with van der Waals surface area (Å²) >= 11 is 3.41. The van der Waals surface area contributed by atoms with Crippen LogP contribution in [0.25, 0.3) is 0 Å². The van der Waals surface area contributed by atoms with Crippen LogP contribution in [0.4, 0.5) is 0 Å². The van der Waals surface area contributed by atoms with Crippen LogP contribution in [0.1, 0.15) is 36.0 Å². The lowest BCUT2D eigenvalue weighted by atomic mass is 9.98. The number of hydrogen-bond donors (Lipinski definition) is 1. The highest BCUT2D eigenvalue weighted by Crippen LogP contribution is 2.26. The molecule has 1 heterocycles. The van der Waals surface area contributed by atoms with Crippen LogP contribution in [0, 0.1) is 0 Å². The normalized spacial score (nSPS) is 19.5. The number of rotatable bonds is 6. The summed E-state index contributed by atoms with van der Waals surface area (Å²) in [7, 11) is 1.61. The van der Waals surface area contributed by atoms with Crippen LogP contribution in [0.15, 0.2) is 22.7 Å². The second kappa shape index (κ2) is 7.92. The van der Waals surface area contributed by atoms with Crippen LogP contribution in [0.2, 0.25) is 0 Å². The molecule has 1 unspecified atom stereocenters. The van der Waals surface area contributed by atoms with Gasteiger partial charge >= 0.3 is 0 Å². The third-order valence-electron chi connectivity index (χ3n) is 4.03. The Kier molecular flexibility index (Phi) is 6.21. The van der Waals surface area contributed by atoms with Gasteiger partial charge in [0.1, 0.15) is 5.75 Å². The molecular weight excluding hydrogens is 334 g/mol. The zero-order valence-corrected chi connectivity index (χ0v) is 13.9.